The number of amides is 11. The van der Waals surface area contributed by atoms with E-state index < -0.39 is 179 Å². The van der Waals surface area contributed by atoms with E-state index in [1.54, 1.807) is 74.5 Å². The number of nitro groups is 1. The van der Waals surface area contributed by atoms with Gasteiger partial charge >= 0.3 is 0 Å². The topological polar surface area (TPSA) is 331 Å². The van der Waals surface area contributed by atoms with Crippen LogP contribution in [0.15, 0.2) is 24.8 Å². The molecule has 13 atom stereocenters. The summed E-state index contributed by atoms with van der Waals surface area (Å²) in [5.74, 6) is -11.3. The van der Waals surface area contributed by atoms with Gasteiger partial charge in [0.2, 0.25) is 71.5 Å². The Balaban J connectivity index is 4.61. The number of rotatable bonds is 21. The zero-order valence-electron chi connectivity index (χ0n) is 60.9. The zero-order chi connectivity index (χ0) is 72.9. The highest BCUT2D eigenvalue weighted by atomic mass is 16.6. The smallest absolute Gasteiger partial charge is 0.246 e. The van der Waals surface area contributed by atoms with Crippen LogP contribution in [-0.2, 0) is 57.5 Å². The van der Waals surface area contributed by atoms with Crippen molar-refractivity contribution < 1.29 is 67.5 Å². The molecule has 1 saturated heterocycles. The first-order valence-corrected chi connectivity index (χ1v) is 33.1. The van der Waals surface area contributed by atoms with E-state index in [0.29, 0.717) is 0 Å². The van der Waals surface area contributed by atoms with Crippen molar-refractivity contribution in [1.82, 2.24) is 55.6 Å². The fourth-order valence-corrected chi connectivity index (χ4v) is 11.7. The van der Waals surface area contributed by atoms with Crippen molar-refractivity contribution in [1.29, 1.82) is 0 Å². The summed E-state index contributed by atoms with van der Waals surface area (Å²) in [6.07, 6.45) is 2.97. The van der Waals surface area contributed by atoms with E-state index in [1.807, 2.05) is 41.5 Å². The van der Waals surface area contributed by atoms with Gasteiger partial charge in [-0.1, -0.05) is 101 Å². The molecular weight excluding hydrogens is 1210 g/mol. The third-order valence-corrected chi connectivity index (χ3v) is 17.5. The Kier molecular flexibility index (Phi) is 34.8. The number of aliphatic hydroxyl groups excluding tert-OH is 1. The predicted octanol–water partition coefficient (Wildman–Crippen LogP) is 3.63. The van der Waals surface area contributed by atoms with Crippen LogP contribution in [-0.4, -0.2) is 250 Å². The lowest BCUT2D eigenvalue weighted by Crippen LogP contribution is -2.64. The molecule has 0 radical (unpaired) electrons. The summed E-state index contributed by atoms with van der Waals surface area (Å²) in [7, 11) is 9.41. The maximum Gasteiger partial charge on any atom is 0.246 e. The molecule has 1 heterocycles. The first-order valence-electron chi connectivity index (χ1n) is 33.1. The van der Waals surface area contributed by atoms with Crippen molar-refractivity contribution in [3.05, 3.63) is 34.9 Å². The number of likely N-dealkylation sites (N-methyl/N-ethyl adjacent to an activating group) is 7. The van der Waals surface area contributed by atoms with Gasteiger partial charge < -0.3 is 65.4 Å². The quantitative estimate of drug-likeness (QED) is 0.0623. The van der Waals surface area contributed by atoms with E-state index in [4.69, 9.17) is 4.74 Å². The lowest BCUT2D eigenvalue weighted by Gasteiger charge is -2.41. The summed E-state index contributed by atoms with van der Waals surface area (Å²) < 4.78 is 6.05. The Morgan fingerprint density at radius 1 is 0.553 bits per heavy atom. The number of aliphatic hydroxyl groups is 1. The Labute approximate surface area is 559 Å². The van der Waals surface area contributed by atoms with Gasteiger partial charge in [-0.25, -0.2) is 0 Å². The summed E-state index contributed by atoms with van der Waals surface area (Å²) in [5.41, 5.74) is -1.20. The van der Waals surface area contributed by atoms with Gasteiger partial charge in [-0.2, -0.15) is 0 Å². The number of hydrogen-bond acceptors (Lipinski definition) is 15. The lowest BCUT2D eigenvalue weighted by atomic mass is 9.91. The van der Waals surface area contributed by atoms with Gasteiger partial charge in [0, 0.05) is 67.1 Å². The van der Waals surface area contributed by atoms with Crippen LogP contribution in [0, 0.1) is 45.6 Å². The molecule has 1 rings (SSSR count). The lowest BCUT2D eigenvalue weighted by molar-refractivity contribution is -0.481. The fraction of sp³-hybridized carbons (Fsp3) is 0.776. The first-order chi connectivity index (χ1) is 43.4. The molecule has 0 saturated carbocycles. The summed E-state index contributed by atoms with van der Waals surface area (Å²) in [6, 6.07) is -15.3. The van der Waals surface area contributed by atoms with Gasteiger partial charge in [-0.15, -0.1) is 6.58 Å². The fourth-order valence-electron chi connectivity index (χ4n) is 11.7. The van der Waals surface area contributed by atoms with Crippen molar-refractivity contribution >= 4 is 65.0 Å². The van der Waals surface area contributed by atoms with Crippen LogP contribution in [0.4, 0.5) is 0 Å². The minimum atomic E-state index is -1.73. The van der Waals surface area contributed by atoms with E-state index >= 15 is 28.8 Å². The Hall–Kier alpha value is -7.03. The van der Waals surface area contributed by atoms with E-state index in [1.165, 1.54) is 88.9 Å². The SMILES string of the molecule is C=CCOC(C)(C)C[C@H]1C(=O)N[C@@H](C(C)C)C(=O)N(C)[C@@H](CC(C)C)C(=O)N[C@@H](C)C(=O)N[C@H](C)C(=O)N(C)[C@@H](CC(C)C)C(=O)N(C)[C@@H](CC(C)C)C(=O)N(C)[C@@H](C(C)C)C(=O)N(C)[C@@H]([C@H](O)[C@H](C)CC=CC)C(=O)N[C@@H](CC)C(=O)N(C)[C@H](CC[N+](=O)[O-])C(=O)N1C. The van der Waals surface area contributed by atoms with Crippen molar-refractivity contribution in [2.45, 2.75) is 241 Å². The van der Waals surface area contributed by atoms with Crippen molar-refractivity contribution in [2.75, 3.05) is 62.5 Å². The van der Waals surface area contributed by atoms with Crippen molar-refractivity contribution in [2.24, 2.45) is 35.5 Å². The maximum atomic E-state index is 15.3. The van der Waals surface area contributed by atoms with Crippen LogP contribution in [0.2, 0.25) is 0 Å². The third kappa shape index (κ3) is 24.0. The zero-order valence-corrected chi connectivity index (χ0v) is 60.9. The molecule has 5 N–H and O–H groups in total. The molecule has 0 aromatic carbocycles. The molecule has 0 aromatic rings. The molecule has 0 bridgehead atoms. The average Bonchev–Trinajstić information content (AvgIpc) is 0.810. The molecule has 0 aromatic heterocycles. The minimum absolute atomic E-state index is 0.0150. The largest absolute Gasteiger partial charge is 0.390 e. The number of allylic oxidation sites excluding steroid dienone is 2. The van der Waals surface area contributed by atoms with E-state index in [-0.39, 0.29) is 62.9 Å². The first kappa shape index (κ1) is 85.0. The third-order valence-electron chi connectivity index (χ3n) is 17.5. The molecule has 27 nitrogen and oxygen atoms in total. The minimum Gasteiger partial charge on any atom is -0.390 e. The Morgan fingerprint density at radius 3 is 1.46 bits per heavy atom. The average molecular weight is 1330 g/mol. The van der Waals surface area contributed by atoms with Gasteiger partial charge in [-0.3, -0.25) is 62.9 Å². The molecule has 0 aliphatic carbocycles. The Bertz CT molecular complexity index is 2650. The van der Waals surface area contributed by atoms with Crippen LogP contribution in [0.1, 0.15) is 163 Å². The number of hydrogen-bond donors (Lipinski definition) is 5. The molecule has 94 heavy (non-hydrogen) atoms. The number of ether oxygens (including phenoxy) is 1. The van der Waals surface area contributed by atoms with Gasteiger partial charge in [-0.05, 0) is 102 Å². The second-order valence-electron chi connectivity index (χ2n) is 28.1. The van der Waals surface area contributed by atoms with Gasteiger partial charge in [0.25, 0.3) is 0 Å². The normalized spacial score (nSPS) is 26.3. The molecule has 1 aliphatic rings. The molecule has 11 amide bonds. The summed E-state index contributed by atoms with van der Waals surface area (Å²) in [6.45, 7) is 31.7. The summed E-state index contributed by atoms with van der Waals surface area (Å²) in [5, 5.41) is 35.2. The van der Waals surface area contributed by atoms with Crippen LogP contribution >= 0.6 is 0 Å². The van der Waals surface area contributed by atoms with Crippen molar-refractivity contribution in [3.63, 3.8) is 0 Å². The predicted molar refractivity (Wildman–Crippen MR) is 359 cm³/mol. The summed E-state index contributed by atoms with van der Waals surface area (Å²) >= 11 is 0. The van der Waals surface area contributed by atoms with E-state index in [9.17, 15) is 39.2 Å². The van der Waals surface area contributed by atoms with Gasteiger partial charge in [0.05, 0.1) is 18.3 Å². The van der Waals surface area contributed by atoms with Gasteiger partial charge in [0.15, 0.2) is 0 Å². The molecule has 536 valence electrons. The van der Waals surface area contributed by atoms with Gasteiger partial charge in [0.1, 0.15) is 66.5 Å². The van der Waals surface area contributed by atoms with Crippen molar-refractivity contribution in [3.8, 4) is 0 Å². The highest BCUT2D eigenvalue weighted by molar-refractivity contribution is 6.00. The molecule has 0 unspecified atom stereocenters. The molecule has 1 aliphatic heterocycles. The Morgan fingerprint density at radius 2 is 0.989 bits per heavy atom. The molecule has 1 fully saturated rings. The molecule has 27 heteroatoms. The number of nitrogens with zero attached hydrogens (tertiary/aromatic N) is 8. The number of nitrogens with one attached hydrogen (secondary N) is 4. The van der Waals surface area contributed by atoms with Crippen LogP contribution in [0.3, 0.4) is 0 Å². The maximum absolute atomic E-state index is 15.3. The highest BCUT2D eigenvalue weighted by Crippen LogP contribution is 2.27. The van der Waals surface area contributed by atoms with Crippen LogP contribution in [0.25, 0.3) is 0 Å². The van der Waals surface area contributed by atoms with E-state index in [0.717, 1.165) is 14.7 Å². The second kappa shape index (κ2) is 38.5. The molecular formula is C67H118N12O15. The van der Waals surface area contributed by atoms with Crippen LogP contribution < -0.4 is 21.3 Å². The number of carbonyl (C=O) groups is 11. The highest BCUT2D eigenvalue weighted by Gasteiger charge is 2.47. The monoisotopic (exact) mass is 1330 g/mol. The van der Waals surface area contributed by atoms with E-state index in [2.05, 4.69) is 27.8 Å². The standard InChI is InChI=1S/C67H118N12O15/c1-26-29-30-43(14)55(80)54-59(84)70-46(28-3)61(86)72(19)47(31-32-79(92)93)62(87)76(23)51(37-67(17,18)94-33-27-2)58(83)71-52(41(10)11)65(90)73(20)48(34-38(4)5)57(82)68-44(15)56(81)69-45(16)60(85)74(21)49(35-39(6)7)63(88)75(22)50(36-40(8)9)64(89)77(24)53(42(12)13)66(91)78(54)25/h26-27,29,38-55,80H,2,28,30-37H2,1,3-25H3,(H,68,82)(H,69,81)(H,70,84)(H,71,83)/t43-,44+,45-,46+,47-,48+,49+,50+,51+,52+,53+,54+,55-/m1/s1. The second-order valence-corrected chi connectivity index (χ2v) is 28.1. The number of carbonyl (C=O) groups excluding carboxylic acids is 11. The van der Waals surface area contributed by atoms with Crippen LogP contribution in [0.5, 0.6) is 0 Å². The summed E-state index contributed by atoms with van der Waals surface area (Å²) in [4.78, 5) is 183. The molecule has 0 spiro atoms.